The van der Waals surface area contributed by atoms with Crippen molar-refractivity contribution in [3.63, 3.8) is 0 Å². The summed E-state index contributed by atoms with van der Waals surface area (Å²) in [5, 5.41) is 9.49. The fourth-order valence-corrected chi connectivity index (χ4v) is 1.27. The monoisotopic (exact) mass is 220 g/mol. The average Bonchev–Trinajstić information content (AvgIpc) is 2.16. The highest BCUT2D eigenvalue weighted by Gasteiger charge is 2.39. The molecule has 0 saturated carbocycles. The molecule has 0 fully saturated rings. The highest BCUT2D eigenvalue weighted by molar-refractivity contribution is 5.39. The summed E-state index contributed by atoms with van der Waals surface area (Å²) in [4.78, 5) is 0. The number of benzene rings is 1. The normalized spacial score (nSPS) is 15.1. The van der Waals surface area contributed by atoms with Gasteiger partial charge in [0.15, 0.2) is 5.60 Å². The van der Waals surface area contributed by atoms with E-state index in [1.54, 1.807) is 0 Å². The van der Waals surface area contributed by atoms with Crippen molar-refractivity contribution in [1.82, 2.24) is 0 Å². The predicted molar refractivity (Wildman–Crippen MR) is 48.5 cm³/mol. The molecule has 0 saturated heterocycles. The van der Waals surface area contributed by atoms with Gasteiger partial charge in [0.05, 0.1) is 12.7 Å². The van der Waals surface area contributed by atoms with Crippen LogP contribution in [-0.4, -0.2) is 18.6 Å². The zero-order valence-electron chi connectivity index (χ0n) is 8.30. The van der Waals surface area contributed by atoms with Crippen LogP contribution in [-0.2, 0) is 5.60 Å². The minimum atomic E-state index is -3.09. The topological polar surface area (TPSA) is 29.5 Å². The van der Waals surface area contributed by atoms with Crippen LogP contribution < -0.4 is 4.74 Å². The predicted octanol–water partition coefficient (Wildman–Crippen LogP) is 2.31. The largest absolute Gasteiger partial charge is 0.496 e. The lowest BCUT2D eigenvalue weighted by molar-refractivity contribution is -0.0914. The molecule has 0 amide bonds. The maximum absolute atomic E-state index is 13.3. The maximum atomic E-state index is 13.3. The molecule has 1 unspecified atom stereocenters. The molecule has 1 aromatic rings. The molecule has 1 atom stereocenters. The molecule has 1 rings (SSSR count). The molecular weight excluding hydrogens is 209 g/mol. The molecule has 0 radical (unpaired) electrons. The Bertz CT molecular complexity index is 351. The van der Waals surface area contributed by atoms with Crippen molar-refractivity contribution in [1.29, 1.82) is 0 Å². The number of rotatable bonds is 3. The zero-order valence-corrected chi connectivity index (χ0v) is 8.30. The first kappa shape index (κ1) is 11.8. The number of aliphatic hydroxyl groups is 1. The van der Waals surface area contributed by atoms with Crippen LogP contribution in [0, 0.1) is 5.82 Å². The van der Waals surface area contributed by atoms with Gasteiger partial charge in [-0.3, -0.25) is 0 Å². The molecule has 0 aliphatic rings. The van der Waals surface area contributed by atoms with Crippen LogP contribution in [0.2, 0.25) is 0 Å². The van der Waals surface area contributed by atoms with Crippen molar-refractivity contribution < 1.29 is 23.0 Å². The third-order valence-electron chi connectivity index (χ3n) is 2.13. The molecule has 0 heterocycles. The molecular formula is C10H11F3O2. The van der Waals surface area contributed by atoms with E-state index in [0.717, 1.165) is 13.0 Å². The Morgan fingerprint density at radius 2 is 2.00 bits per heavy atom. The van der Waals surface area contributed by atoms with E-state index in [1.807, 2.05) is 0 Å². The van der Waals surface area contributed by atoms with Crippen molar-refractivity contribution in [2.45, 2.75) is 19.0 Å². The summed E-state index contributed by atoms with van der Waals surface area (Å²) in [5.41, 5.74) is -3.08. The van der Waals surface area contributed by atoms with E-state index in [2.05, 4.69) is 0 Å². The summed E-state index contributed by atoms with van der Waals surface area (Å²) in [7, 11) is 1.22. The first-order valence-corrected chi connectivity index (χ1v) is 4.24. The standard InChI is InChI=1S/C10H11F3O2/c1-10(14,9(12)13)8-6(11)4-3-5-7(8)15-2/h3-5,9,14H,1-2H3. The zero-order chi connectivity index (χ0) is 11.6. The highest BCUT2D eigenvalue weighted by atomic mass is 19.3. The van der Waals surface area contributed by atoms with Gasteiger partial charge in [-0.1, -0.05) is 6.07 Å². The number of halogens is 3. The molecule has 84 valence electrons. The van der Waals surface area contributed by atoms with Crippen LogP contribution in [0.3, 0.4) is 0 Å². The van der Waals surface area contributed by atoms with Crippen molar-refractivity contribution in [2.75, 3.05) is 7.11 Å². The summed E-state index contributed by atoms with van der Waals surface area (Å²) in [5.74, 6) is -1.01. The fourth-order valence-electron chi connectivity index (χ4n) is 1.27. The van der Waals surface area contributed by atoms with Crippen molar-refractivity contribution in [3.8, 4) is 5.75 Å². The summed E-state index contributed by atoms with van der Waals surface area (Å²) < 4.78 is 43.1. The summed E-state index contributed by atoms with van der Waals surface area (Å²) in [6.07, 6.45) is -3.09. The van der Waals surface area contributed by atoms with Crippen LogP contribution in [0.4, 0.5) is 13.2 Å². The Hall–Kier alpha value is -1.23. The molecule has 2 nitrogen and oxygen atoms in total. The lowest BCUT2D eigenvalue weighted by Gasteiger charge is -2.25. The summed E-state index contributed by atoms with van der Waals surface area (Å²) in [6, 6.07) is 3.63. The Morgan fingerprint density at radius 3 is 2.47 bits per heavy atom. The number of alkyl halides is 2. The third kappa shape index (κ3) is 2.07. The van der Waals surface area contributed by atoms with Crippen LogP contribution in [0.5, 0.6) is 5.75 Å². The maximum Gasteiger partial charge on any atom is 0.270 e. The number of methoxy groups -OCH3 is 1. The van der Waals surface area contributed by atoms with Gasteiger partial charge in [0.1, 0.15) is 11.6 Å². The van der Waals surface area contributed by atoms with Crippen LogP contribution in [0.15, 0.2) is 18.2 Å². The Kier molecular flexibility index (Phi) is 3.24. The van der Waals surface area contributed by atoms with Gasteiger partial charge in [0.2, 0.25) is 0 Å². The van der Waals surface area contributed by atoms with E-state index in [1.165, 1.54) is 19.2 Å². The number of hydrogen-bond acceptors (Lipinski definition) is 2. The van der Waals surface area contributed by atoms with Gasteiger partial charge in [0.25, 0.3) is 6.43 Å². The van der Waals surface area contributed by atoms with E-state index in [0.29, 0.717) is 0 Å². The van der Waals surface area contributed by atoms with Gasteiger partial charge in [-0.05, 0) is 19.1 Å². The van der Waals surface area contributed by atoms with Gasteiger partial charge in [0, 0.05) is 0 Å². The SMILES string of the molecule is COc1cccc(F)c1C(C)(O)C(F)F. The summed E-state index contributed by atoms with van der Waals surface area (Å²) >= 11 is 0. The second-order valence-corrected chi connectivity index (χ2v) is 3.27. The van der Waals surface area contributed by atoms with Gasteiger partial charge in [-0.25, -0.2) is 13.2 Å². The molecule has 5 heteroatoms. The molecule has 1 N–H and O–H groups in total. The molecule has 1 aromatic carbocycles. The van der Waals surface area contributed by atoms with E-state index in [9.17, 15) is 18.3 Å². The lowest BCUT2D eigenvalue weighted by atomic mass is 9.95. The second kappa shape index (κ2) is 4.10. The number of ether oxygens (including phenoxy) is 1. The third-order valence-corrected chi connectivity index (χ3v) is 2.13. The molecule has 15 heavy (non-hydrogen) atoms. The van der Waals surface area contributed by atoms with E-state index in [4.69, 9.17) is 4.74 Å². The Balaban J connectivity index is 3.34. The average molecular weight is 220 g/mol. The molecule has 0 spiro atoms. The van der Waals surface area contributed by atoms with Gasteiger partial charge < -0.3 is 9.84 Å². The van der Waals surface area contributed by atoms with Crippen LogP contribution >= 0.6 is 0 Å². The van der Waals surface area contributed by atoms with Crippen molar-refractivity contribution in [2.24, 2.45) is 0 Å². The first-order chi connectivity index (χ1) is 6.91. The molecule has 0 bridgehead atoms. The van der Waals surface area contributed by atoms with E-state index in [-0.39, 0.29) is 5.75 Å². The quantitative estimate of drug-likeness (QED) is 0.846. The smallest absolute Gasteiger partial charge is 0.270 e. The molecule has 0 aromatic heterocycles. The van der Waals surface area contributed by atoms with Crippen LogP contribution in [0.1, 0.15) is 12.5 Å². The second-order valence-electron chi connectivity index (χ2n) is 3.27. The van der Waals surface area contributed by atoms with Crippen molar-refractivity contribution >= 4 is 0 Å². The first-order valence-electron chi connectivity index (χ1n) is 4.24. The molecule has 0 aliphatic heterocycles. The minimum absolute atomic E-state index is 0.0969. The van der Waals surface area contributed by atoms with E-state index >= 15 is 0 Å². The number of hydrogen-bond donors (Lipinski definition) is 1. The van der Waals surface area contributed by atoms with Crippen LogP contribution in [0.25, 0.3) is 0 Å². The van der Waals surface area contributed by atoms with Gasteiger partial charge in [-0.15, -0.1) is 0 Å². The van der Waals surface area contributed by atoms with E-state index < -0.39 is 23.4 Å². The molecule has 0 aliphatic carbocycles. The van der Waals surface area contributed by atoms with Gasteiger partial charge >= 0.3 is 0 Å². The fraction of sp³-hybridized carbons (Fsp3) is 0.400. The Morgan fingerprint density at radius 1 is 1.40 bits per heavy atom. The Labute approximate surface area is 85.3 Å². The summed E-state index contributed by atoms with van der Waals surface area (Å²) in [6.45, 7) is 0.846. The van der Waals surface area contributed by atoms with Crippen molar-refractivity contribution in [3.05, 3.63) is 29.6 Å². The van der Waals surface area contributed by atoms with Gasteiger partial charge in [-0.2, -0.15) is 0 Å². The lowest BCUT2D eigenvalue weighted by Crippen LogP contribution is -2.32. The highest BCUT2D eigenvalue weighted by Crippen LogP contribution is 2.36. The minimum Gasteiger partial charge on any atom is -0.496 e.